The van der Waals surface area contributed by atoms with E-state index in [4.69, 9.17) is 4.74 Å². The molecule has 1 aromatic heterocycles. The van der Waals surface area contributed by atoms with Gasteiger partial charge >= 0.3 is 5.97 Å². The number of nitrogens with zero attached hydrogens (tertiary/aromatic N) is 2. The van der Waals surface area contributed by atoms with Gasteiger partial charge in [0.15, 0.2) is 11.4 Å². The lowest BCUT2D eigenvalue weighted by Crippen LogP contribution is -2.10. The van der Waals surface area contributed by atoms with Gasteiger partial charge in [0.2, 0.25) is 0 Å². The Kier molecular flexibility index (Phi) is 4.30. The van der Waals surface area contributed by atoms with E-state index in [1.165, 1.54) is 6.20 Å². The highest BCUT2D eigenvalue weighted by Crippen LogP contribution is 2.19. The van der Waals surface area contributed by atoms with Gasteiger partial charge < -0.3 is 9.84 Å². The Morgan fingerprint density at radius 3 is 2.60 bits per heavy atom. The number of aromatic nitrogens is 2. The first-order valence-corrected chi connectivity index (χ1v) is 6.35. The molecule has 2 rings (SSSR count). The van der Waals surface area contributed by atoms with Crippen LogP contribution >= 0.6 is 0 Å². The van der Waals surface area contributed by atoms with Crippen LogP contribution in [0.5, 0.6) is 5.75 Å². The fourth-order valence-electron chi connectivity index (χ4n) is 1.66. The van der Waals surface area contributed by atoms with Gasteiger partial charge in [0, 0.05) is 5.92 Å². The molecule has 0 amide bonds. The minimum absolute atomic E-state index is 0.0660. The highest BCUT2D eigenvalue weighted by atomic mass is 16.5. The van der Waals surface area contributed by atoms with Crippen molar-refractivity contribution in [3.05, 3.63) is 53.6 Å². The number of aromatic carboxylic acids is 1. The topological polar surface area (TPSA) is 72.3 Å². The van der Waals surface area contributed by atoms with Crippen molar-refractivity contribution in [3.8, 4) is 5.75 Å². The van der Waals surface area contributed by atoms with E-state index in [0.29, 0.717) is 5.82 Å². The van der Waals surface area contributed by atoms with Crippen molar-refractivity contribution in [2.45, 2.75) is 26.4 Å². The predicted molar refractivity (Wildman–Crippen MR) is 73.9 cm³/mol. The third kappa shape index (κ3) is 3.32. The molecule has 0 radical (unpaired) electrons. The molecule has 0 aliphatic carbocycles. The minimum atomic E-state index is -1.11. The Morgan fingerprint density at radius 2 is 2.00 bits per heavy atom. The Labute approximate surface area is 117 Å². The summed E-state index contributed by atoms with van der Waals surface area (Å²) in [5.41, 5.74) is 0.858. The zero-order valence-electron chi connectivity index (χ0n) is 11.4. The maximum atomic E-state index is 11.2. The number of hydrogen-bond acceptors (Lipinski definition) is 4. The molecule has 1 aromatic carbocycles. The molecule has 5 heteroatoms. The van der Waals surface area contributed by atoms with Crippen molar-refractivity contribution in [3.63, 3.8) is 0 Å². The summed E-state index contributed by atoms with van der Waals surface area (Å²) in [5.74, 6) is -0.367. The van der Waals surface area contributed by atoms with Crippen LogP contribution in [-0.4, -0.2) is 21.0 Å². The van der Waals surface area contributed by atoms with Crippen LogP contribution in [-0.2, 0) is 6.61 Å². The SMILES string of the molecule is CC(C)c1ncc(OCc2ccccc2)c(C(=O)O)n1. The number of benzene rings is 1. The average molecular weight is 272 g/mol. The largest absolute Gasteiger partial charge is 0.485 e. The Balaban J connectivity index is 2.21. The summed E-state index contributed by atoms with van der Waals surface area (Å²) in [7, 11) is 0. The molecule has 0 fully saturated rings. The summed E-state index contributed by atoms with van der Waals surface area (Å²) in [6.45, 7) is 4.10. The Bertz CT molecular complexity index is 597. The zero-order valence-corrected chi connectivity index (χ0v) is 11.4. The molecular formula is C15H16N2O3. The van der Waals surface area contributed by atoms with Crippen LogP contribution in [0.25, 0.3) is 0 Å². The van der Waals surface area contributed by atoms with Crippen LogP contribution in [0.2, 0.25) is 0 Å². The van der Waals surface area contributed by atoms with E-state index in [2.05, 4.69) is 9.97 Å². The number of carboxylic acids is 1. The van der Waals surface area contributed by atoms with Crippen molar-refractivity contribution in [1.82, 2.24) is 9.97 Å². The molecule has 0 bridgehead atoms. The summed E-state index contributed by atoms with van der Waals surface area (Å²) in [6, 6.07) is 9.52. The monoisotopic (exact) mass is 272 g/mol. The van der Waals surface area contributed by atoms with Crippen molar-refractivity contribution < 1.29 is 14.6 Å². The molecule has 5 nitrogen and oxygen atoms in total. The number of ether oxygens (including phenoxy) is 1. The lowest BCUT2D eigenvalue weighted by Gasteiger charge is -2.10. The number of carbonyl (C=O) groups is 1. The van der Waals surface area contributed by atoms with Gasteiger partial charge in [-0.25, -0.2) is 14.8 Å². The number of carboxylic acid groups (broad SMARTS) is 1. The molecule has 0 saturated carbocycles. The molecule has 1 N–H and O–H groups in total. The van der Waals surface area contributed by atoms with Gasteiger partial charge in [-0.05, 0) is 5.56 Å². The zero-order chi connectivity index (χ0) is 14.5. The molecule has 0 aliphatic heterocycles. The molecular weight excluding hydrogens is 256 g/mol. The van der Waals surface area contributed by atoms with Crippen molar-refractivity contribution in [1.29, 1.82) is 0 Å². The van der Waals surface area contributed by atoms with E-state index < -0.39 is 5.97 Å². The van der Waals surface area contributed by atoms with E-state index in [9.17, 15) is 9.90 Å². The highest BCUT2D eigenvalue weighted by Gasteiger charge is 2.16. The lowest BCUT2D eigenvalue weighted by atomic mass is 10.2. The van der Waals surface area contributed by atoms with E-state index >= 15 is 0 Å². The van der Waals surface area contributed by atoms with E-state index in [0.717, 1.165) is 5.56 Å². The van der Waals surface area contributed by atoms with Gasteiger partial charge in [0.25, 0.3) is 0 Å². The molecule has 0 spiro atoms. The average Bonchev–Trinajstić information content (AvgIpc) is 2.45. The first-order valence-electron chi connectivity index (χ1n) is 6.35. The van der Waals surface area contributed by atoms with Gasteiger partial charge in [-0.1, -0.05) is 44.2 Å². The van der Waals surface area contributed by atoms with Crippen LogP contribution in [0.1, 0.15) is 41.6 Å². The van der Waals surface area contributed by atoms with Crippen LogP contribution in [0.15, 0.2) is 36.5 Å². The van der Waals surface area contributed by atoms with Crippen LogP contribution in [0.4, 0.5) is 0 Å². The van der Waals surface area contributed by atoms with Crippen molar-refractivity contribution in [2.75, 3.05) is 0 Å². The van der Waals surface area contributed by atoms with Crippen LogP contribution < -0.4 is 4.74 Å². The molecule has 2 aromatic rings. The number of rotatable bonds is 5. The molecule has 104 valence electrons. The van der Waals surface area contributed by atoms with E-state index in [1.807, 2.05) is 44.2 Å². The highest BCUT2D eigenvalue weighted by molar-refractivity contribution is 5.88. The molecule has 0 aliphatic rings. The molecule has 20 heavy (non-hydrogen) atoms. The Hall–Kier alpha value is -2.43. The third-order valence-electron chi connectivity index (χ3n) is 2.73. The first kappa shape index (κ1) is 14.0. The normalized spacial score (nSPS) is 10.6. The van der Waals surface area contributed by atoms with Crippen molar-refractivity contribution >= 4 is 5.97 Å². The summed E-state index contributed by atoms with van der Waals surface area (Å²) in [6.07, 6.45) is 1.43. The number of hydrogen-bond donors (Lipinski definition) is 1. The minimum Gasteiger partial charge on any atom is -0.485 e. The second-order valence-electron chi connectivity index (χ2n) is 4.68. The predicted octanol–water partition coefficient (Wildman–Crippen LogP) is 2.88. The third-order valence-corrected chi connectivity index (χ3v) is 2.73. The van der Waals surface area contributed by atoms with Gasteiger partial charge in [-0.2, -0.15) is 0 Å². The fourth-order valence-corrected chi connectivity index (χ4v) is 1.66. The fraction of sp³-hybridized carbons (Fsp3) is 0.267. The lowest BCUT2D eigenvalue weighted by molar-refractivity contribution is 0.0684. The summed E-state index contributed by atoms with van der Waals surface area (Å²) >= 11 is 0. The summed E-state index contributed by atoms with van der Waals surface area (Å²) < 4.78 is 5.51. The van der Waals surface area contributed by atoms with Gasteiger partial charge in [-0.15, -0.1) is 0 Å². The molecule has 0 saturated heterocycles. The van der Waals surface area contributed by atoms with Gasteiger partial charge in [0.05, 0.1) is 6.20 Å². The smallest absolute Gasteiger partial charge is 0.358 e. The van der Waals surface area contributed by atoms with Crippen molar-refractivity contribution in [2.24, 2.45) is 0 Å². The van der Waals surface area contributed by atoms with Gasteiger partial charge in [0.1, 0.15) is 12.4 Å². The van der Waals surface area contributed by atoms with Gasteiger partial charge in [-0.3, -0.25) is 0 Å². The second kappa shape index (κ2) is 6.14. The van der Waals surface area contributed by atoms with E-state index in [-0.39, 0.29) is 24.0 Å². The molecule has 1 heterocycles. The standard InChI is InChI=1S/C15H16N2O3/c1-10(2)14-16-8-12(13(17-14)15(18)19)20-9-11-6-4-3-5-7-11/h3-8,10H,9H2,1-2H3,(H,18,19). The van der Waals surface area contributed by atoms with Crippen LogP contribution in [0, 0.1) is 0 Å². The molecule has 0 atom stereocenters. The maximum absolute atomic E-state index is 11.2. The Morgan fingerprint density at radius 1 is 1.30 bits per heavy atom. The summed E-state index contributed by atoms with van der Waals surface area (Å²) in [5, 5.41) is 9.20. The quantitative estimate of drug-likeness (QED) is 0.906. The van der Waals surface area contributed by atoms with Crippen LogP contribution in [0.3, 0.4) is 0 Å². The summed E-state index contributed by atoms with van der Waals surface area (Å²) in [4.78, 5) is 19.4. The molecule has 0 unspecified atom stereocenters. The van der Waals surface area contributed by atoms with E-state index in [1.54, 1.807) is 0 Å². The second-order valence-corrected chi connectivity index (χ2v) is 4.68. The first-order chi connectivity index (χ1) is 9.58. The maximum Gasteiger partial charge on any atom is 0.358 e.